The highest BCUT2D eigenvalue weighted by Crippen LogP contribution is 2.07. The van der Waals surface area contributed by atoms with Gasteiger partial charge in [0.25, 0.3) is 0 Å². The Labute approximate surface area is 95.9 Å². The van der Waals surface area contributed by atoms with Crippen molar-refractivity contribution in [2.45, 2.75) is 6.42 Å². The van der Waals surface area contributed by atoms with Gasteiger partial charge in [-0.15, -0.1) is 0 Å². The molecule has 1 fully saturated rings. The molecule has 0 aromatic rings. The van der Waals surface area contributed by atoms with Crippen molar-refractivity contribution in [1.82, 2.24) is 10.2 Å². The molecule has 0 spiro atoms. The average Bonchev–Trinajstić information content (AvgIpc) is 2.26. The molecule has 0 bridgehead atoms. The van der Waals surface area contributed by atoms with Crippen LogP contribution in [0.25, 0.3) is 0 Å². The van der Waals surface area contributed by atoms with E-state index in [1.165, 1.54) is 0 Å². The van der Waals surface area contributed by atoms with Gasteiger partial charge in [0.15, 0.2) is 0 Å². The van der Waals surface area contributed by atoms with Gasteiger partial charge in [-0.3, -0.25) is 4.79 Å². The Kier molecular flexibility index (Phi) is 4.79. The molecule has 1 heterocycles. The molecule has 0 amide bonds. The second kappa shape index (κ2) is 6.12. The lowest BCUT2D eigenvalue weighted by Crippen LogP contribution is -2.42. The molecule has 1 aliphatic rings. The van der Waals surface area contributed by atoms with Crippen molar-refractivity contribution < 1.29 is 9.90 Å². The maximum Gasteiger partial charge on any atom is 0.307 e. The molecule has 0 aromatic heterocycles. The maximum atomic E-state index is 10.4. The minimum Gasteiger partial charge on any atom is -0.481 e. The van der Waals surface area contributed by atoms with Crippen LogP contribution < -0.4 is 5.32 Å². The second-order valence-electron chi connectivity index (χ2n) is 3.79. The lowest BCUT2D eigenvalue weighted by atomic mass is 10.2. The van der Waals surface area contributed by atoms with Crippen LogP contribution >= 0.6 is 0 Å². The molecule has 4 heteroatoms. The van der Waals surface area contributed by atoms with Crippen molar-refractivity contribution in [3.8, 4) is 0 Å². The zero-order valence-corrected chi connectivity index (χ0v) is 9.41. The number of aliphatic carboxylic acids is 1. The SMILES string of the molecule is C=C(/C=C\C(=C)N1CCNCC1)CC(=O)O. The van der Waals surface area contributed by atoms with Gasteiger partial charge in [0, 0.05) is 31.9 Å². The smallest absolute Gasteiger partial charge is 0.307 e. The Hall–Kier alpha value is -1.55. The first-order valence-corrected chi connectivity index (χ1v) is 5.32. The molecule has 0 atom stereocenters. The highest BCUT2D eigenvalue weighted by molar-refractivity contribution is 5.70. The Morgan fingerprint density at radius 2 is 1.94 bits per heavy atom. The minimum absolute atomic E-state index is 0.0225. The average molecular weight is 222 g/mol. The molecule has 1 aliphatic heterocycles. The maximum absolute atomic E-state index is 10.4. The van der Waals surface area contributed by atoms with Crippen molar-refractivity contribution in [2.75, 3.05) is 26.2 Å². The van der Waals surface area contributed by atoms with Crippen molar-refractivity contribution in [3.05, 3.63) is 36.6 Å². The third-order valence-electron chi connectivity index (χ3n) is 2.41. The number of carboxylic acid groups (broad SMARTS) is 1. The van der Waals surface area contributed by atoms with E-state index in [-0.39, 0.29) is 6.42 Å². The summed E-state index contributed by atoms with van der Waals surface area (Å²) in [5.74, 6) is -0.859. The fourth-order valence-corrected chi connectivity index (χ4v) is 1.52. The predicted octanol–water partition coefficient (Wildman–Crippen LogP) is 0.992. The van der Waals surface area contributed by atoms with Gasteiger partial charge in [-0.05, 0) is 11.6 Å². The first-order valence-electron chi connectivity index (χ1n) is 5.32. The van der Waals surface area contributed by atoms with Gasteiger partial charge < -0.3 is 15.3 Å². The van der Waals surface area contributed by atoms with Crippen LogP contribution in [0.5, 0.6) is 0 Å². The largest absolute Gasteiger partial charge is 0.481 e. The third-order valence-corrected chi connectivity index (χ3v) is 2.41. The van der Waals surface area contributed by atoms with Gasteiger partial charge >= 0.3 is 5.97 Å². The van der Waals surface area contributed by atoms with Gasteiger partial charge in [0.05, 0.1) is 6.42 Å². The molecular formula is C12H18N2O2. The number of piperazine rings is 1. The van der Waals surface area contributed by atoms with Crippen LogP contribution in [0.1, 0.15) is 6.42 Å². The quantitative estimate of drug-likeness (QED) is 0.681. The lowest BCUT2D eigenvalue weighted by Gasteiger charge is -2.29. The molecule has 16 heavy (non-hydrogen) atoms. The van der Waals surface area contributed by atoms with E-state index in [1.807, 2.05) is 6.08 Å². The van der Waals surface area contributed by atoms with Crippen molar-refractivity contribution >= 4 is 5.97 Å². The first-order chi connectivity index (χ1) is 7.59. The van der Waals surface area contributed by atoms with Gasteiger partial charge in [0.1, 0.15) is 0 Å². The van der Waals surface area contributed by atoms with E-state index in [0.717, 1.165) is 31.9 Å². The van der Waals surface area contributed by atoms with Crippen molar-refractivity contribution in [3.63, 3.8) is 0 Å². The fraction of sp³-hybridized carbons (Fsp3) is 0.417. The summed E-state index contributed by atoms with van der Waals surface area (Å²) in [4.78, 5) is 12.6. The lowest BCUT2D eigenvalue weighted by molar-refractivity contribution is -0.136. The molecule has 2 N–H and O–H groups in total. The van der Waals surface area contributed by atoms with Crippen LogP contribution in [0.3, 0.4) is 0 Å². The molecule has 4 nitrogen and oxygen atoms in total. The molecule has 0 unspecified atom stereocenters. The zero-order valence-electron chi connectivity index (χ0n) is 9.41. The number of nitrogens with zero attached hydrogens (tertiary/aromatic N) is 1. The molecule has 0 radical (unpaired) electrons. The van der Waals surface area contributed by atoms with Crippen LogP contribution in [-0.2, 0) is 4.79 Å². The monoisotopic (exact) mass is 222 g/mol. The van der Waals surface area contributed by atoms with E-state index in [0.29, 0.717) is 5.57 Å². The Balaban J connectivity index is 2.40. The van der Waals surface area contributed by atoms with Crippen LogP contribution in [0.2, 0.25) is 0 Å². The van der Waals surface area contributed by atoms with Crippen molar-refractivity contribution in [2.24, 2.45) is 0 Å². The van der Waals surface area contributed by atoms with E-state index in [4.69, 9.17) is 5.11 Å². The number of hydrogen-bond donors (Lipinski definition) is 2. The highest BCUT2D eigenvalue weighted by Gasteiger charge is 2.08. The normalized spacial score (nSPS) is 16.4. The summed E-state index contributed by atoms with van der Waals surface area (Å²) in [7, 11) is 0. The number of nitrogens with one attached hydrogen (secondary N) is 1. The summed E-state index contributed by atoms with van der Waals surface area (Å²) in [5.41, 5.74) is 1.50. The molecule has 1 saturated heterocycles. The van der Waals surface area contributed by atoms with Crippen LogP contribution in [-0.4, -0.2) is 42.2 Å². The van der Waals surface area contributed by atoms with E-state index >= 15 is 0 Å². The second-order valence-corrected chi connectivity index (χ2v) is 3.79. The Bertz CT molecular complexity index is 315. The molecule has 1 rings (SSSR count). The number of carboxylic acids is 1. The van der Waals surface area contributed by atoms with Gasteiger partial charge in [-0.25, -0.2) is 0 Å². The molecule has 0 saturated carbocycles. The topological polar surface area (TPSA) is 52.6 Å². The van der Waals surface area contributed by atoms with Crippen LogP contribution in [0.4, 0.5) is 0 Å². The van der Waals surface area contributed by atoms with Gasteiger partial charge in [-0.2, -0.15) is 0 Å². The van der Waals surface area contributed by atoms with Gasteiger partial charge in [-0.1, -0.05) is 19.2 Å². The summed E-state index contributed by atoms with van der Waals surface area (Å²) in [6.45, 7) is 11.4. The minimum atomic E-state index is -0.859. The molecule has 0 aliphatic carbocycles. The Morgan fingerprint density at radius 3 is 2.50 bits per heavy atom. The first kappa shape index (κ1) is 12.5. The number of allylic oxidation sites excluding steroid dienone is 2. The van der Waals surface area contributed by atoms with Gasteiger partial charge in [0.2, 0.25) is 0 Å². The number of rotatable bonds is 5. The van der Waals surface area contributed by atoms with Crippen molar-refractivity contribution in [1.29, 1.82) is 0 Å². The van der Waals surface area contributed by atoms with Crippen LogP contribution in [0, 0.1) is 0 Å². The molecule has 88 valence electrons. The molecule has 0 aromatic carbocycles. The number of carbonyl (C=O) groups is 1. The zero-order chi connectivity index (χ0) is 12.0. The van der Waals surface area contributed by atoms with E-state index < -0.39 is 5.97 Å². The fourth-order valence-electron chi connectivity index (χ4n) is 1.52. The van der Waals surface area contributed by atoms with Crippen LogP contribution in [0.15, 0.2) is 36.6 Å². The highest BCUT2D eigenvalue weighted by atomic mass is 16.4. The van der Waals surface area contributed by atoms with E-state index in [1.54, 1.807) is 6.08 Å². The third kappa shape index (κ3) is 4.31. The van der Waals surface area contributed by atoms with E-state index in [9.17, 15) is 4.79 Å². The summed E-state index contributed by atoms with van der Waals surface area (Å²) >= 11 is 0. The summed E-state index contributed by atoms with van der Waals surface area (Å²) in [6, 6.07) is 0. The number of hydrogen-bond acceptors (Lipinski definition) is 3. The molecular weight excluding hydrogens is 204 g/mol. The van der Waals surface area contributed by atoms with E-state index in [2.05, 4.69) is 23.4 Å². The predicted molar refractivity (Wildman–Crippen MR) is 64.1 cm³/mol. The summed E-state index contributed by atoms with van der Waals surface area (Å²) in [6.07, 6.45) is 3.53. The Morgan fingerprint density at radius 1 is 1.31 bits per heavy atom. The summed E-state index contributed by atoms with van der Waals surface area (Å²) in [5, 5.41) is 11.8. The summed E-state index contributed by atoms with van der Waals surface area (Å²) < 4.78 is 0. The standard InChI is InChI=1S/C12H18N2O2/c1-10(9-12(15)16)3-4-11(2)14-7-5-13-6-8-14/h3-4,13H,1-2,5-9H2,(H,15,16)/b4-3-.